The molecule has 0 radical (unpaired) electrons. The van der Waals surface area contributed by atoms with Gasteiger partial charge in [0.1, 0.15) is 22.4 Å². The summed E-state index contributed by atoms with van der Waals surface area (Å²) in [6.07, 6.45) is 8.36. The fourth-order valence-electron chi connectivity index (χ4n) is 4.23. The van der Waals surface area contributed by atoms with Crippen LogP contribution in [0.15, 0.2) is 119 Å². The molecule has 0 bridgehead atoms. The van der Waals surface area contributed by atoms with Crippen LogP contribution in [0.5, 0.6) is 0 Å². The molecule has 0 aliphatic rings. The Hall–Kier alpha value is -5.97. The number of hydrogen-bond acceptors (Lipinski definition) is 9. The first-order valence-electron chi connectivity index (χ1n) is 12.6. The van der Waals surface area contributed by atoms with Crippen LogP contribution in [-0.2, 0) is 6.54 Å². The Balaban J connectivity index is 0.000000173. The second-order valence-corrected chi connectivity index (χ2v) is 8.76. The standard InChI is InChI=1S/C18H13N5O.C12H8N4O.CH4/c24-18-14-7-5-11-21-16(14)17(15-8-2-4-10-20-15)22-23(18)12-13-6-1-3-9-19-13;17-12-8-4-3-7-14-10(8)11(15-16-12)9-5-1-2-6-13-9;/h1-11H,12H2;1-7H,(H,16,17);1H4. The van der Waals surface area contributed by atoms with E-state index < -0.39 is 0 Å². The molecule has 0 spiro atoms. The van der Waals surface area contributed by atoms with Gasteiger partial charge in [0.2, 0.25) is 0 Å². The average molecular weight is 556 g/mol. The molecule has 11 nitrogen and oxygen atoms in total. The fraction of sp³-hybridized carbons (Fsp3) is 0.0645. The van der Waals surface area contributed by atoms with Gasteiger partial charge in [0, 0.05) is 31.0 Å². The Kier molecular flexibility index (Phi) is 8.19. The molecule has 0 unspecified atom stereocenters. The third-order valence-electron chi connectivity index (χ3n) is 6.12. The highest BCUT2D eigenvalue weighted by molar-refractivity contribution is 5.90. The molecule has 7 aromatic heterocycles. The van der Waals surface area contributed by atoms with Crippen molar-refractivity contribution in [1.82, 2.24) is 44.9 Å². The maximum atomic E-state index is 12.7. The first kappa shape index (κ1) is 27.6. The van der Waals surface area contributed by atoms with Crippen molar-refractivity contribution in [2.24, 2.45) is 0 Å². The van der Waals surface area contributed by atoms with Gasteiger partial charge in [-0.3, -0.25) is 34.5 Å². The monoisotopic (exact) mass is 555 g/mol. The maximum Gasteiger partial charge on any atom is 0.276 e. The molecule has 7 rings (SSSR count). The predicted molar refractivity (Wildman–Crippen MR) is 160 cm³/mol. The maximum absolute atomic E-state index is 12.7. The van der Waals surface area contributed by atoms with Gasteiger partial charge in [0.15, 0.2) is 0 Å². The number of hydrogen-bond donors (Lipinski definition) is 1. The van der Waals surface area contributed by atoms with Crippen molar-refractivity contribution in [3.05, 3.63) is 136 Å². The lowest BCUT2D eigenvalue weighted by Crippen LogP contribution is -2.25. The predicted octanol–water partition coefficient (Wildman–Crippen LogP) is 4.31. The number of nitrogens with zero attached hydrogens (tertiary/aromatic N) is 8. The minimum absolute atomic E-state index is 0. The molecule has 7 heterocycles. The molecule has 0 aliphatic heterocycles. The van der Waals surface area contributed by atoms with Crippen molar-refractivity contribution >= 4 is 21.8 Å². The molecule has 0 saturated heterocycles. The van der Waals surface area contributed by atoms with E-state index in [0.29, 0.717) is 51.1 Å². The summed E-state index contributed by atoms with van der Waals surface area (Å²) in [6.45, 7) is 0.296. The Morgan fingerprint density at radius 2 is 1.17 bits per heavy atom. The van der Waals surface area contributed by atoms with Gasteiger partial charge in [-0.05, 0) is 60.7 Å². The molecule has 0 atom stereocenters. The number of H-pyrrole nitrogens is 1. The summed E-state index contributed by atoms with van der Waals surface area (Å²) in [5.41, 5.74) is 3.98. The van der Waals surface area contributed by atoms with E-state index >= 15 is 0 Å². The van der Waals surface area contributed by atoms with Crippen LogP contribution in [0.25, 0.3) is 44.6 Å². The quantitative estimate of drug-likeness (QED) is 0.336. The number of pyridine rings is 5. The first-order chi connectivity index (χ1) is 20.2. The van der Waals surface area contributed by atoms with Gasteiger partial charge in [0.25, 0.3) is 11.1 Å². The zero-order valence-corrected chi connectivity index (χ0v) is 21.5. The molecule has 0 aliphatic carbocycles. The topological polar surface area (TPSA) is 145 Å². The lowest BCUT2D eigenvalue weighted by molar-refractivity contribution is 0.638. The Bertz CT molecular complexity index is 2060. The number of aromatic amines is 1. The van der Waals surface area contributed by atoms with Gasteiger partial charge in [-0.15, -0.1) is 0 Å². The largest absolute Gasteiger partial charge is 0.276 e. The Morgan fingerprint density at radius 1 is 0.595 bits per heavy atom. The Morgan fingerprint density at radius 3 is 1.79 bits per heavy atom. The molecule has 42 heavy (non-hydrogen) atoms. The van der Waals surface area contributed by atoms with Gasteiger partial charge in [-0.2, -0.15) is 10.2 Å². The lowest BCUT2D eigenvalue weighted by Gasteiger charge is -2.09. The third kappa shape index (κ3) is 5.65. The molecule has 0 aromatic carbocycles. The molecule has 11 heteroatoms. The van der Waals surface area contributed by atoms with Crippen LogP contribution in [0.4, 0.5) is 0 Å². The molecular formula is C31H25N9O2. The summed E-state index contributed by atoms with van der Waals surface area (Å²) in [5.74, 6) is 0. The van der Waals surface area contributed by atoms with E-state index in [1.807, 2.05) is 54.6 Å². The van der Waals surface area contributed by atoms with Gasteiger partial charge in [-0.25, -0.2) is 9.78 Å². The third-order valence-corrected chi connectivity index (χ3v) is 6.12. The minimum atomic E-state index is -0.243. The molecule has 206 valence electrons. The highest BCUT2D eigenvalue weighted by Gasteiger charge is 2.14. The van der Waals surface area contributed by atoms with Crippen LogP contribution in [0.1, 0.15) is 13.1 Å². The van der Waals surface area contributed by atoms with Gasteiger partial charge in [-0.1, -0.05) is 25.6 Å². The van der Waals surface area contributed by atoms with Gasteiger partial charge >= 0.3 is 0 Å². The number of nitrogens with one attached hydrogen (secondary N) is 1. The normalized spacial score (nSPS) is 10.5. The average Bonchev–Trinajstić information content (AvgIpc) is 3.04. The smallest absolute Gasteiger partial charge is 0.267 e. The van der Waals surface area contributed by atoms with Crippen molar-refractivity contribution < 1.29 is 0 Å². The van der Waals surface area contributed by atoms with Crippen LogP contribution >= 0.6 is 0 Å². The Labute approximate surface area is 239 Å². The second-order valence-electron chi connectivity index (χ2n) is 8.76. The van der Waals surface area contributed by atoms with E-state index in [1.54, 1.807) is 55.2 Å². The molecule has 0 amide bonds. The molecule has 1 N–H and O–H groups in total. The van der Waals surface area contributed by atoms with E-state index in [-0.39, 0.29) is 18.5 Å². The van der Waals surface area contributed by atoms with Crippen LogP contribution in [0.2, 0.25) is 0 Å². The summed E-state index contributed by atoms with van der Waals surface area (Å²) in [7, 11) is 0. The molecular weight excluding hydrogens is 530 g/mol. The molecule has 7 aromatic rings. The summed E-state index contributed by atoms with van der Waals surface area (Å²) < 4.78 is 1.41. The van der Waals surface area contributed by atoms with Crippen LogP contribution in [-0.4, -0.2) is 44.9 Å². The van der Waals surface area contributed by atoms with Crippen LogP contribution in [0.3, 0.4) is 0 Å². The minimum Gasteiger partial charge on any atom is -0.267 e. The highest BCUT2D eigenvalue weighted by atomic mass is 16.1. The van der Waals surface area contributed by atoms with E-state index in [9.17, 15) is 9.59 Å². The van der Waals surface area contributed by atoms with E-state index in [0.717, 1.165) is 5.69 Å². The summed E-state index contributed by atoms with van der Waals surface area (Å²) in [5, 5.41) is 12.0. The first-order valence-corrected chi connectivity index (χ1v) is 12.6. The van der Waals surface area contributed by atoms with Crippen molar-refractivity contribution in [3.8, 4) is 22.8 Å². The summed E-state index contributed by atoms with van der Waals surface area (Å²) in [4.78, 5) is 45.7. The van der Waals surface area contributed by atoms with Gasteiger partial charge < -0.3 is 0 Å². The fourth-order valence-corrected chi connectivity index (χ4v) is 4.23. The molecule has 0 fully saturated rings. The summed E-state index contributed by atoms with van der Waals surface area (Å²) in [6, 6.07) is 23.6. The SMILES string of the molecule is C.O=c1[nH]nc(-c2ccccn2)c2ncccc12.O=c1c2cccnc2c(-c2ccccn2)nn1Cc1ccccn1. The number of aromatic nitrogens is 9. The zero-order chi connectivity index (χ0) is 28.0. The lowest BCUT2D eigenvalue weighted by atomic mass is 10.2. The van der Waals surface area contributed by atoms with Crippen molar-refractivity contribution in [3.63, 3.8) is 0 Å². The van der Waals surface area contributed by atoms with Crippen LogP contribution < -0.4 is 11.1 Å². The van der Waals surface area contributed by atoms with Crippen molar-refractivity contribution in [2.45, 2.75) is 14.0 Å². The van der Waals surface area contributed by atoms with Crippen LogP contribution in [0, 0.1) is 0 Å². The molecule has 0 saturated carbocycles. The van der Waals surface area contributed by atoms with E-state index in [2.05, 4.69) is 40.2 Å². The van der Waals surface area contributed by atoms with E-state index in [4.69, 9.17) is 0 Å². The second kappa shape index (κ2) is 12.5. The summed E-state index contributed by atoms with van der Waals surface area (Å²) >= 11 is 0. The highest BCUT2D eigenvalue weighted by Crippen LogP contribution is 2.21. The van der Waals surface area contributed by atoms with E-state index in [1.165, 1.54) is 4.68 Å². The number of fused-ring (bicyclic) bond motifs is 2. The number of rotatable bonds is 4. The van der Waals surface area contributed by atoms with Crippen molar-refractivity contribution in [2.75, 3.05) is 0 Å². The van der Waals surface area contributed by atoms with Gasteiger partial charge in [0.05, 0.1) is 34.4 Å². The van der Waals surface area contributed by atoms with Crippen molar-refractivity contribution in [1.29, 1.82) is 0 Å². The zero-order valence-electron chi connectivity index (χ0n) is 21.5.